The van der Waals surface area contributed by atoms with Crippen LogP contribution in [0.2, 0.25) is 0 Å². The van der Waals surface area contributed by atoms with Gasteiger partial charge in [0.2, 0.25) is 0 Å². The molecule has 0 aromatic carbocycles. The van der Waals surface area contributed by atoms with Gasteiger partial charge in [-0.25, -0.2) is 0 Å². The Hall–Kier alpha value is -1.32. The minimum absolute atomic E-state index is 0.0629. The average molecular weight is 238 g/mol. The van der Waals surface area contributed by atoms with E-state index in [1.807, 2.05) is 0 Å². The van der Waals surface area contributed by atoms with Crippen molar-refractivity contribution < 1.29 is 19.1 Å². The molecule has 0 aromatic heterocycles. The van der Waals surface area contributed by atoms with Gasteiger partial charge in [-0.2, -0.15) is 0 Å². The van der Waals surface area contributed by atoms with Crippen LogP contribution in [0.25, 0.3) is 0 Å². The zero-order valence-corrected chi connectivity index (χ0v) is 9.89. The van der Waals surface area contributed by atoms with Crippen LogP contribution < -0.4 is 0 Å². The van der Waals surface area contributed by atoms with Gasteiger partial charge in [-0.1, -0.05) is 13.0 Å². The highest BCUT2D eigenvalue weighted by molar-refractivity contribution is 5.87. The third-order valence-corrected chi connectivity index (χ3v) is 3.43. The van der Waals surface area contributed by atoms with Gasteiger partial charge < -0.3 is 9.47 Å². The molecule has 0 radical (unpaired) electrons. The second-order valence-corrected chi connectivity index (χ2v) is 4.75. The normalized spacial score (nSPS) is 28.2. The number of carbonyl (C=O) groups excluding carboxylic acids is 2. The standard InChI is InChI=1S/C13H18O4/c1-2-16-12(14)10-8-11(10)13(15)17-9-6-4-3-5-7-9/h2,9-11H,1,3-8H2. The fourth-order valence-corrected chi connectivity index (χ4v) is 2.32. The lowest BCUT2D eigenvalue weighted by Gasteiger charge is -2.21. The van der Waals surface area contributed by atoms with Crippen LogP contribution in [-0.4, -0.2) is 18.0 Å². The first-order chi connectivity index (χ1) is 8.22. The van der Waals surface area contributed by atoms with Crippen molar-refractivity contribution in [2.75, 3.05) is 0 Å². The Morgan fingerprint density at radius 3 is 2.35 bits per heavy atom. The van der Waals surface area contributed by atoms with E-state index in [-0.39, 0.29) is 29.9 Å². The minimum Gasteiger partial charge on any atom is -0.462 e. The zero-order valence-electron chi connectivity index (χ0n) is 9.89. The van der Waals surface area contributed by atoms with Crippen molar-refractivity contribution in [3.63, 3.8) is 0 Å². The topological polar surface area (TPSA) is 52.6 Å². The number of hydrogen-bond acceptors (Lipinski definition) is 4. The highest BCUT2D eigenvalue weighted by Crippen LogP contribution is 2.41. The average Bonchev–Trinajstić information content (AvgIpc) is 3.10. The van der Waals surface area contributed by atoms with E-state index in [1.165, 1.54) is 6.42 Å². The maximum absolute atomic E-state index is 11.7. The van der Waals surface area contributed by atoms with E-state index in [4.69, 9.17) is 4.74 Å². The summed E-state index contributed by atoms with van der Waals surface area (Å²) in [5, 5.41) is 0. The zero-order chi connectivity index (χ0) is 12.3. The van der Waals surface area contributed by atoms with E-state index in [9.17, 15) is 9.59 Å². The number of carbonyl (C=O) groups is 2. The lowest BCUT2D eigenvalue weighted by Crippen LogP contribution is -2.23. The molecule has 2 aliphatic rings. The van der Waals surface area contributed by atoms with Crippen molar-refractivity contribution in [1.82, 2.24) is 0 Å². The SMILES string of the molecule is C=COC(=O)C1CC1C(=O)OC1CCCCC1. The molecule has 0 bridgehead atoms. The second-order valence-electron chi connectivity index (χ2n) is 4.75. The molecule has 0 spiro atoms. The predicted molar refractivity (Wildman–Crippen MR) is 60.9 cm³/mol. The predicted octanol–water partition coefficient (Wildman–Crippen LogP) is 2.19. The molecule has 2 unspecified atom stereocenters. The summed E-state index contributed by atoms with van der Waals surface area (Å²) in [6, 6.07) is 0. The Kier molecular flexibility index (Phi) is 3.82. The van der Waals surface area contributed by atoms with Crippen LogP contribution in [0, 0.1) is 11.8 Å². The Morgan fingerprint density at radius 1 is 1.06 bits per heavy atom. The highest BCUT2D eigenvalue weighted by atomic mass is 16.5. The van der Waals surface area contributed by atoms with Gasteiger partial charge in [-0.3, -0.25) is 9.59 Å². The molecule has 2 fully saturated rings. The third-order valence-electron chi connectivity index (χ3n) is 3.43. The lowest BCUT2D eigenvalue weighted by atomic mass is 9.98. The number of ether oxygens (including phenoxy) is 2. The number of hydrogen-bond donors (Lipinski definition) is 0. The van der Waals surface area contributed by atoms with Gasteiger partial charge in [0.15, 0.2) is 0 Å². The van der Waals surface area contributed by atoms with Crippen molar-refractivity contribution in [3.8, 4) is 0 Å². The first kappa shape index (κ1) is 12.1. The van der Waals surface area contributed by atoms with E-state index in [0.29, 0.717) is 6.42 Å². The fourth-order valence-electron chi connectivity index (χ4n) is 2.32. The molecular formula is C13H18O4. The maximum Gasteiger partial charge on any atom is 0.314 e. The summed E-state index contributed by atoms with van der Waals surface area (Å²) in [5.41, 5.74) is 0. The van der Waals surface area contributed by atoms with E-state index < -0.39 is 0 Å². The van der Waals surface area contributed by atoms with Crippen LogP contribution in [0.5, 0.6) is 0 Å². The van der Waals surface area contributed by atoms with E-state index in [2.05, 4.69) is 11.3 Å². The summed E-state index contributed by atoms with van der Waals surface area (Å²) in [6.07, 6.45) is 7.12. The Morgan fingerprint density at radius 2 is 1.71 bits per heavy atom. The summed E-state index contributed by atoms with van der Waals surface area (Å²) in [4.78, 5) is 23.0. The molecule has 94 valence electrons. The van der Waals surface area contributed by atoms with E-state index in [1.54, 1.807) is 0 Å². The summed E-state index contributed by atoms with van der Waals surface area (Å²) in [5.74, 6) is -1.21. The van der Waals surface area contributed by atoms with E-state index >= 15 is 0 Å². The molecule has 0 aliphatic heterocycles. The van der Waals surface area contributed by atoms with Crippen molar-refractivity contribution in [1.29, 1.82) is 0 Å². The molecule has 0 N–H and O–H groups in total. The summed E-state index contributed by atoms with van der Waals surface area (Å²) >= 11 is 0. The van der Waals surface area contributed by atoms with Gasteiger partial charge in [-0.05, 0) is 32.1 Å². The van der Waals surface area contributed by atoms with Crippen molar-refractivity contribution in [2.24, 2.45) is 11.8 Å². The van der Waals surface area contributed by atoms with Crippen molar-refractivity contribution >= 4 is 11.9 Å². The van der Waals surface area contributed by atoms with Crippen molar-refractivity contribution in [3.05, 3.63) is 12.8 Å². The lowest BCUT2D eigenvalue weighted by molar-refractivity contribution is -0.154. The summed E-state index contributed by atoms with van der Waals surface area (Å²) in [7, 11) is 0. The molecule has 2 rings (SSSR count). The Labute approximate surface area is 101 Å². The minimum atomic E-state index is -0.370. The first-order valence-corrected chi connectivity index (χ1v) is 6.24. The van der Waals surface area contributed by atoms with E-state index in [0.717, 1.165) is 31.9 Å². The number of rotatable bonds is 4. The molecule has 2 atom stereocenters. The summed E-state index contributed by atoms with van der Waals surface area (Å²) < 4.78 is 10.1. The molecule has 4 heteroatoms. The van der Waals surface area contributed by atoms with Gasteiger partial charge >= 0.3 is 11.9 Å². The fraction of sp³-hybridized carbons (Fsp3) is 0.692. The second kappa shape index (κ2) is 5.34. The van der Waals surface area contributed by atoms with Gasteiger partial charge in [0.1, 0.15) is 6.10 Å². The molecule has 2 aliphatic carbocycles. The van der Waals surface area contributed by atoms with Crippen LogP contribution in [-0.2, 0) is 19.1 Å². The Bertz CT molecular complexity index is 317. The Balaban J connectivity index is 1.74. The van der Waals surface area contributed by atoms with Gasteiger partial charge in [-0.15, -0.1) is 0 Å². The summed E-state index contributed by atoms with van der Waals surface area (Å²) in [6.45, 7) is 3.32. The van der Waals surface area contributed by atoms with Gasteiger partial charge in [0.05, 0.1) is 18.1 Å². The molecule has 0 saturated heterocycles. The molecule has 4 nitrogen and oxygen atoms in total. The molecular weight excluding hydrogens is 220 g/mol. The highest BCUT2D eigenvalue weighted by Gasteiger charge is 2.50. The van der Waals surface area contributed by atoms with Gasteiger partial charge in [0, 0.05) is 0 Å². The largest absolute Gasteiger partial charge is 0.462 e. The van der Waals surface area contributed by atoms with Crippen LogP contribution in [0.4, 0.5) is 0 Å². The first-order valence-electron chi connectivity index (χ1n) is 6.24. The van der Waals surface area contributed by atoms with Crippen LogP contribution in [0.3, 0.4) is 0 Å². The quantitative estimate of drug-likeness (QED) is 0.556. The van der Waals surface area contributed by atoms with Gasteiger partial charge in [0.25, 0.3) is 0 Å². The molecule has 0 amide bonds. The molecule has 0 aromatic rings. The molecule has 17 heavy (non-hydrogen) atoms. The maximum atomic E-state index is 11.7. The van der Waals surface area contributed by atoms with Crippen LogP contribution in [0.1, 0.15) is 38.5 Å². The monoisotopic (exact) mass is 238 g/mol. The van der Waals surface area contributed by atoms with Crippen LogP contribution >= 0.6 is 0 Å². The molecule has 2 saturated carbocycles. The third kappa shape index (κ3) is 3.08. The smallest absolute Gasteiger partial charge is 0.314 e. The molecule has 0 heterocycles. The van der Waals surface area contributed by atoms with Crippen molar-refractivity contribution in [2.45, 2.75) is 44.6 Å². The van der Waals surface area contributed by atoms with Crippen LogP contribution in [0.15, 0.2) is 12.8 Å². The number of esters is 2.